The maximum Gasteiger partial charge on any atom is 0.254 e. The lowest BCUT2D eigenvalue weighted by Gasteiger charge is -2.31. The van der Waals surface area contributed by atoms with Crippen LogP contribution in [0.1, 0.15) is 35.0 Å². The zero-order chi connectivity index (χ0) is 20.5. The molecule has 0 spiro atoms. The lowest BCUT2D eigenvalue weighted by Crippen LogP contribution is -2.39. The summed E-state index contributed by atoms with van der Waals surface area (Å²) in [5, 5.41) is 8.46. The number of methoxy groups -OCH3 is 1. The van der Waals surface area contributed by atoms with Gasteiger partial charge in [-0.15, -0.1) is 10.2 Å². The molecule has 3 heterocycles. The van der Waals surface area contributed by atoms with Crippen molar-refractivity contribution in [3.8, 4) is 28.7 Å². The van der Waals surface area contributed by atoms with Crippen LogP contribution < -0.4 is 14.2 Å². The van der Waals surface area contributed by atoms with E-state index in [4.69, 9.17) is 18.6 Å². The number of nitrogens with zero attached hydrogens (tertiary/aromatic N) is 3. The van der Waals surface area contributed by atoms with Crippen molar-refractivity contribution in [3.05, 3.63) is 53.9 Å². The first-order valence-corrected chi connectivity index (χ1v) is 9.88. The van der Waals surface area contributed by atoms with Crippen molar-refractivity contribution in [1.29, 1.82) is 0 Å². The van der Waals surface area contributed by atoms with E-state index in [9.17, 15) is 4.79 Å². The Labute approximate surface area is 173 Å². The summed E-state index contributed by atoms with van der Waals surface area (Å²) in [6.07, 6.45) is 1.77. The van der Waals surface area contributed by atoms with E-state index in [-0.39, 0.29) is 18.6 Å². The van der Waals surface area contributed by atoms with E-state index < -0.39 is 0 Å². The molecule has 0 saturated carbocycles. The van der Waals surface area contributed by atoms with Crippen molar-refractivity contribution in [2.24, 2.45) is 0 Å². The molecule has 30 heavy (non-hydrogen) atoms. The fraction of sp³-hybridized carbons (Fsp3) is 0.318. The van der Waals surface area contributed by atoms with Gasteiger partial charge in [-0.2, -0.15) is 0 Å². The third-order valence-corrected chi connectivity index (χ3v) is 5.43. The predicted molar refractivity (Wildman–Crippen MR) is 107 cm³/mol. The van der Waals surface area contributed by atoms with Crippen LogP contribution in [-0.4, -0.2) is 48.0 Å². The molecule has 8 heteroatoms. The summed E-state index contributed by atoms with van der Waals surface area (Å²) >= 11 is 0. The van der Waals surface area contributed by atoms with Gasteiger partial charge >= 0.3 is 0 Å². The molecule has 3 aromatic rings. The fourth-order valence-corrected chi connectivity index (χ4v) is 3.85. The number of likely N-dealkylation sites (tertiary alicyclic amines) is 1. The van der Waals surface area contributed by atoms with Gasteiger partial charge in [0, 0.05) is 24.2 Å². The highest BCUT2D eigenvalue weighted by atomic mass is 16.7. The van der Waals surface area contributed by atoms with Gasteiger partial charge < -0.3 is 23.5 Å². The maximum atomic E-state index is 13.0. The van der Waals surface area contributed by atoms with Crippen molar-refractivity contribution in [3.63, 3.8) is 0 Å². The van der Waals surface area contributed by atoms with Crippen molar-refractivity contribution in [2.45, 2.75) is 18.8 Å². The molecule has 1 saturated heterocycles. The summed E-state index contributed by atoms with van der Waals surface area (Å²) in [6, 6.07) is 12.7. The van der Waals surface area contributed by atoms with Crippen LogP contribution in [0, 0.1) is 0 Å². The molecule has 2 aliphatic rings. The van der Waals surface area contributed by atoms with Crippen LogP contribution in [0.2, 0.25) is 0 Å². The number of carbonyl (C=O) groups is 1. The molecule has 5 rings (SSSR count). The minimum atomic E-state index is -0.0193. The topological polar surface area (TPSA) is 86.9 Å². The Bertz CT molecular complexity index is 1080. The largest absolute Gasteiger partial charge is 0.497 e. The van der Waals surface area contributed by atoms with Gasteiger partial charge in [-0.3, -0.25) is 4.79 Å². The Morgan fingerprint density at radius 2 is 2.03 bits per heavy atom. The third kappa shape index (κ3) is 3.45. The molecule has 0 aliphatic carbocycles. The zero-order valence-corrected chi connectivity index (χ0v) is 16.5. The number of piperidine rings is 1. The second-order valence-corrected chi connectivity index (χ2v) is 7.34. The summed E-state index contributed by atoms with van der Waals surface area (Å²) in [6.45, 7) is 1.46. The second kappa shape index (κ2) is 7.70. The minimum Gasteiger partial charge on any atom is -0.497 e. The Kier molecular flexibility index (Phi) is 4.74. The van der Waals surface area contributed by atoms with Gasteiger partial charge in [0.25, 0.3) is 5.91 Å². The first kappa shape index (κ1) is 18.5. The monoisotopic (exact) mass is 407 g/mol. The molecule has 2 aliphatic heterocycles. The van der Waals surface area contributed by atoms with Crippen LogP contribution in [0.4, 0.5) is 0 Å². The molecule has 154 valence electrons. The molecular weight excluding hydrogens is 386 g/mol. The first-order chi connectivity index (χ1) is 14.7. The first-order valence-electron chi connectivity index (χ1n) is 9.88. The second-order valence-electron chi connectivity index (χ2n) is 7.34. The van der Waals surface area contributed by atoms with E-state index in [0.29, 0.717) is 47.7 Å². The Morgan fingerprint density at radius 1 is 1.13 bits per heavy atom. The highest BCUT2D eigenvalue weighted by Crippen LogP contribution is 2.36. The number of amides is 1. The normalized spacial score (nSPS) is 17.8. The summed E-state index contributed by atoms with van der Waals surface area (Å²) in [7, 11) is 1.59. The van der Waals surface area contributed by atoms with Gasteiger partial charge in [-0.25, -0.2) is 0 Å². The van der Waals surface area contributed by atoms with Gasteiger partial charge in [0.2, 0.25) is 18.6 Å². The number of carbonyl (C=O) groups excluding carboxylic acids is 1. The van der Waals surface area contributed by atoms with Crippen LogP contribution in [0.5, 0.6) is 17.2 Å². The van der Waals surface area contributed by atoms with Crippen LogP contribution >= 0.6 is 0 Å². The molecule has 1 fully saturated rings. The highest BCUT2D eigenvalue weighted by Gasteiger charge is 2.29. The lowest BCUT2D eigenvalue weighted by molar-refractivity contribution is 0.0698. The minimum absolute atomic E-state index is 0.00330. The van der Waals surface area contributed by atoms with Crippen molar-refractivity contribution in [2.75, 3.05) is 27.0 Å². The van der Waals surface area contributed by atoms with Gasteiger partial charge in [-0.1, -0.05) is 6.07 Å². The molecule has 0 bridgehead atoms. The summed E-state index contributed by atoms with van der Waals surface area (Å²) in [4.78, 5) is 14.8. The van der Waals surface area contributed by atoms with Gasteiger partial charge in [0.05, 0.1) is 13.0 Å². The molecule has 8 nitrogen and oxygen atoms in total. The van der Waals surface area contributed by atoms with E-state index >= 15 is 0 Å². The molecule has 0 N–H and O–H groups in total. The van der Waals surface area contributed by atoms with Crippen LogP contribution in [0.3, 0.4) is 0 Å². The smallest absolute Gasteiger partial charge is 0.254 e. The molecular formula is C22H21N3O5. The molecule has 1 unspecified atom stereocenters. The number of aromatic nitrogens is 2. The van der Waals surface area contributed by atoms with Crippen molar-refractivity contribution < 1.29 is 23.4 Å². The van der Waals surface area contributed by atoms with Gasteiger partial charge in [-0.05, 0) is 49.2 Å². The third-order valence-electron chi connectivity index (χ3n) is 5.43. The Hall–Kier alpha value is -3.55. The lowest BCUT2D eigenvalue weighted by atomic mass is 9.97. The standard InChI is InChI=1S/C22H21N3O5/c1-27-17-6-2-4-15(10-17)22(26)25-9-3-5-16(12-25)21-24-23-20(30-21)14-7-8-18-19(11-14)29-13-28-18/h2,4,6-8,10-11,16H,3,5,9,12-13H2,1H3. The highest BCUT2D eigenvalue weighted by molar-refractivity contribution is 5.94. The molecule has 1 amide bonds. The zero-order valence-electron chi connectivity index (χ0n) is 16.5. The number of rotatable bonds is 4. The summed E-state index contributed by atoms with van der Waals surface area (Å²) in [5.41, 5.74) is 1.39. The van der Waals surface area contributed by atoms with E-state index in [1.165, 1.54) is 0 Å². The van der Waals surface area contributed by atoms with Gasteiger partial charge in [0.15, 0.2) is 11.5 Å². The molecule has 2 aromatic carbocycles. The van der Waals surface area contributed by atoms with E-state index in [2.05, 4.69) is 10.2 Å². The average molecular weight is 407 g/mol. The Balaban J connectivity index is 1.32. The van der Waals surface area contributed by atoms with Gasteiger partial charge in [0.1, 0.15) is 5.75 Å². The number of hydrogen-bond acceptors (Lipinski definition) is 7. The molecule has 1 atom stereocenters. The maximum absolute atomic E-state index is 13.0. The summed E-state index contributed by atoms with van der Waals surface area (Å²) in [5.74, 6) is 3.00. The predicted octanol–water partition coefficient (Wildman–Crippen LogP) is 3.49. The SMILES string of the molecule is COc1cccc(C(=O)N2CCCC(c3nnc(-c4ccc5c(c4)OCO5)o3)C2)c1. The average Bonchev–Trinajstić information content (AvgIpc) is 3.48. The van der Waals surface area contributed by atoms with E-state index in [1.807, 2.05) is 35.2 Å². The quantitative estimate of drug-likeness (QED) is 0.654. The number of hydrogen-bond donors (Lipinski definition) is 0. The molecule has 0 radical (unpaired) electrons. The number of fused-ring (bicyclic) bond motifs is 1. The number of ether oxygens (including phenoxy) is 3. The fourth-order valence-electron chi connectivity index (χ4n) is 3.85. The van der Waals surface area contributed by atoms with Crippen LogP contribution in [-0.2, 0) is 0 Å². The van der Waals surface area contributed by atoms with Crippen molar-refractivity contribution >= 4 is 5.91 Å². The molecule has 1 aromatic heterocycles. The Morgan fingerprint density at radius 3 is 2.93 bits per heavy atom. The van der Waals surface area contributed by atoms with E-state index in [0.717, 1.165) is 18.4 Å². The van der Waals surface area contributed by atoms with Crippen LogP contribution in [0.15, 0.2) is 46.9 Å². The van der Waals surface area contributed by atoms with E-state index in [1.54, 1.807) is 19.2 Å². The van der Waals surface area contributed by atoms with Crippen molar-refractivity contribution in [1.82, 2.24) is 15.1 Å². The summed E-state index contributed by atoms with van der Waals surface area (Å²) < 4.78 is 22.0. The number of benzene rings is 2. The van der Waals surface area contributed by atoms with Crippen LogP contribution in [0.25, 0.3) is 11.5 Å².